The second-order valence-corrected chi connectivity index (χ2v) is 12.6. The SMILES string of the molecule is CCCC/C=C\CCCCCCC(CCCCCCCCCC)C(=O)OCCCCCCCCCCCCCC. The Hall–Kier alpha value is -0.790. The van der Waals surface area contributed by atoms with Gasteiger partial charge in [0.2, 0.25) is 0 Å². The lowest BCUT2D eigenvalue weighted by atomic mass is 9.94. The summed E-state index contributed by atoms with van der Waals surface area (Å²) < 4.78 is 5.81. The topological polar surface area (TPSA) is 26.3 Å². The molecule has 1 atom stereocenters. The van der Waals surface area contributed by atoms with Crippen molar-refractivity contribution in [1.82, 2.24) is 0 Å². The van der Waals surface area contributed by atoms with E-state index in [1.807, 2.05) is 0 Å². The molecule has 0 aromatic heterocycles. The van der Waals surface area contributed by atoms with Gasteiger partial charge in [0.25, 0.3) is 0 Å². The van der Waals surface area contributed by atoms with Crippen LogP contribution in [0.5, 0.6) is 0 Å². The lowest BCUT2D eigenvalue weighted by Crippen LogP contribution is -2.18. The maximum Gasteiger partial charge on any atom is 0.308 e. The number of unbranched alkanes of at least 4 members (excludes halogenated alkanes) is 24. The lowest BCUT2D eigenvalue weighted by Gasteiger charge is -2.16. The van der Waals surface area contributed by atoms with Crippen molar-refractivity contribution in [3.05, 3.63) is 12.2 Å². The van der Waals surface area contributed by atoms with Crippen LogP contribution in [0, 0.1) is 5.92 Å². The predicted molar refractivity (Wildman–Crippen MR) is 179 cm³/mol. The molecule has 0 saturated carbocycles. The minimum Gasteiger partial charge on any atom is -0.465 e. The van der Waals surface area contributed by atoms with Crippen LogP contribution in [0.1, 0.15) is 213 Å². The van der Waals surface area contributed by atoms with E-state index in [4.69, 9.17) is 4.74 Å². The van der Waals surface area contributed by atoms with Crippen molar-refractivity contribution in [1.29, 1.82) is 0 Å². The first-order chi connectivity index (χ1) is 19.8. The molecule has 0 heterocycles. The van der Waals surface area contributed by atoms with Gasteiger partial charge in [-0.3, -0.25) is 4.79 Å². The Labute approximate surface area is 253 Å². The largest absolute Gasteiger partial charge is 0.465 e. The molecule has 2 heteroatoms. The van der Waals surface area contributed by atoms with Crippen LogP contribution in [0.25, 0.3) is 0 Å². The first-order valence-electron chi connectivity index (χ1n) is 18.6. The Kier molecular flexibility index (Phi) is 33.7. The summed E-state index contributed by atoms with van der Waals surface area (Å²) >= 11 is 0. The van der Waals surface area contributed by atoms with Crippen molar-refractivity contribution in [2.45, 2.75) is 213 Å². The zero-order chi connectivity index (χ0) is 29.2. The first kappa shape index (κ1) is 39.2. The van der Waals surface area contributed by atoms with E-state index < -0.39 is 0 Å². The van der Waals surface area contributed by atoms with E-state index in [1.165, 1.54) is 173 Å². The van der Waals surface area contributed by atoms with Crippen molar-refractivity contribution in [3.8, 4) is 0 Å². The van der Waals surface area contributed by atoms with E-state index in [0.29, 0.717) is 6.61 Å². The number of esters is 1. The van der Waals surface area contributed by atoms with Crippen LogP contribution in [-0.4, -0.2) is 12.6 Å². The summed E-state index contributed by atoms with van der Waals surface area (Å²) in [6.07, 6.45) is 43.6. The van der Waals surface area contributed by atoms with Gasteiger partial charge in [-0.05, 0) is 38.5 Å². The average Bonchev–Trinajstić information content (AvgIpc) is 2.96. The maximum absolute atomic E-state index is 12.9. The molecule has 238 valence electrons. The van der Waals surface area contributed by atoms with E-state index in [-0.39, 0.29) is 11.9 Å². The van der Waals surface area contributed by atoms with Crippen molar-refractivity contribution >= 4 is 5.97 Å². The Morgan fingerprint density at radius 3 is 1.25 bits per heavy atom. The van der Waals surface area contributed by atoms with Crippen molar-refractivity contribution in [2.75, 3.05) is 6.61 Å². The van der Waals surface area contributed by atoms with Crippen LogP contribution in [0.3, 0.4) is 0 Å². The zero-order valence-electron chi connectivity index (χ0n) is 28.0. The summed E-state index contributed by atoms with van der Waals surface area (Å²) in [7, 11) is 0. The molecule has 0 aromatic rings. The van der Waals surface area contributed by atoms with E-state index in [1.54, 1.807) is 0 Å². The van der Waals surface area contributed by atoms with Crippen LogP contribution < -0.4 is 0 Å². The molecule has 0 amide bonds. The van der Waals surface area contributed by atoms with Crippen molar-refractivity contribution < 1.29 is 9.53 Å². The van der Waals surface area contributed by atoms with Crippen LogP contribution >= 0.6 is 0 Å². The molecule has 0 aliphatic rings. The molecule has 0 aliphatic heterocycles. The Morgan fingerprint density at radius 1 is 0.450 bits per heavy atom. The molecule has 0 fully saturated rings. The molecule has 2 nitrogen and oxygen atoms in total. The van der Waals surface area contributed by atoms with Gasteiger partial charge in [-0.25, -0.2) is 0 Å². The van der Waals surface area contributed by atoms with Crippen molar-refractivity contribution in [3.63, 3.8) is 0 Å². The van der Waals surface area contributed by atoms with Crippen LogP contribution in [0.15, 0.2) is 12.2 Å². The molecule has 0 N–H and O–H groups in total. The fourth-order valence-corrected chi connectivity index (χ4v) is 5.70. The van der Waals surface area contributed by atoms with Gasteiger partial charge >= 0.3 is 5.97 Å². The quantitative estimate of drug-likeness (QED) is 0.0451. The number of ether oxygens (including phenoxy) is 1. The molecule has 0 saturated heterocycles. The molecule has 0 spiro atoms. The van der Waals surface area contributed by atoms with Crippen LogP contribution in [0.2, 0.25) is 0 Å². The summed E-state index contributed by atoms with van der Waals surface area (Å²) in [5.74, 6) is 0.233. The highest BCUT2D eigenvalue weighted by molar-refractivity contribution is 5.72. The second-order valence-electron chi connectivity index (χ2n) is 12.6. The summed E-state index contributed by atoms with van der Waals surface area (Å²) in [5.41, 5.74) is 0. The van der Waals surface area contributed by atoms with Gasteiger partial charge in [0.1, 0.15) is 0 Å². The molecular weight excluding hydrogens is 488 g/mol. The summed E-state index contributed by atoms with van der Waals surface area (Å²) in [6.45, 7) is 7.46. The third-order valence-electron chi connectivity index (χ3n) is 8.55. The molecule has 0 radical (unpaired) electrons. The second kappa shape index (κ2) is 34.4. The molecule has 0 aromatic carbocycles. The summed E-state index contributed by atoms with van der Waals surface area (Å²) in [5, 5.41) is 0. The van der Waals surface area contributed by atoms with Crippen LogP contribution in [-0.2, 0) is 9.53 Å². The van der Waals surface area contributed by atoms with E-state index in [2.05, 4.69) is 32.9 Å². The van der Waals surface area contributed by atoms with Gasteiger partial charge in [-0.2, -0.15) is 0 Å². The molecule has 0 bridgehead atoms. The fourth-order valence-electron chi connectivity index (χ4n) is 5.70. The molecular formula is C38H74O2. The van der Waals surface area contributed by atoms with Gasteiger partial charge in [0, 0.05) is 0 Å². The van der Waals surface area contributed by atoms with E-state index in [9.17, 15) is 4.79 Å². The third kappa shape index (κ3) is 30.2. The average molecular weight is 563 g/mol. The third-order valence-corrected chi connectivity index (χ3v) is 8.55. The van der Waals surface area contributed by atoms with Gasteiger partial charge in [0.15, 0.2) is 0 Å². The molecule has 40 heavy (non-hydrogen) atoms. The van der Waals surface area contributed by atoms with Gasteiger partial charge < -0.3 is 4.74 Å². The first-order valence-corrected chi connectivity index (χ1v) is 18.6. The minimum atomic E-state index is 0.102. The minimum absolute atomic E-state index is 0.102. The Balaban J connectivity index is 4.03. The van der Waals surface area contributed by atoms with Gasteiger partial charge in [-0.1, -0.05) is 187 Å². The number of rotatable bonds is 33. The standard InChI is InChI=1S/C38H74O2/c1-4-7-10-13-16-19-21-22-24-27-30-33-36-40-38(39)37(34-31-28-25-18-15-12-9-6-3)35-32-29-26-23-20-17-14-11-8-5-2/h14,17,37H,4-13,15-16,18-36H2,1-3H3/b17-14-. The normalized spacial score (nSPS) is 12.4. The molecule has 1 unspecified atom stereocenters. The predicted octanol–water partition coefficient (Wildman–Crippen LogP) is 13.5. The number of hydrogen-bond acceptors (Lipinski definition) is 2. The van der Waals surface area contributed by atoms with Crippen molar-refractivity contribution in [2.24, 2.45) is 5.92 Å². The van der Waals surface area contributed by atoms with E-state index >= 15 is 0 Å². The van der Waals surface area contributed by atoms with Gasteiger partial charge in [-0.15, -0.1) is 0 Å². The fraction of sp³-hybridized carbons (Fsp3) is 0.921. The monoisotopic (exact) mass is 563 g/mol. The lowest BCUT2D eigenvalue weighted by molar-refractivity contribution is -0.149. The Morgan fingerprint density at radius 2 is 0.800 bits per heavy atom. The smallest absolute Gasteiger partial charge is 0.308 e. The number of carbonyl (C=O) groups excluding carboxylic acids is 1. The zero-order valence-corrected chi connectivity index (χ0v) is 28.0. The molecule has 0 rings (SSSR count). The van der Waals surface area contributed by atoms with Crippen LogP contribution in [0.4, 0.5) is 0 Å². The highest BCUT2D eigenvalue weighted by Gasteiger charge is 2.19. The summed E-state index contributed by atoms with van der Waals surface area (Å²) in [4.78, 5) is 12.9. The maximum atomic E-state index is 12.9. The number of hydrogen-bond donors (Lipinski definition) is 0. The number of allylic oxidation sites excluding steroid dienone is 2. The Bertz CT molecular complexity index is 512. The highest BCUT2D eigenvalue weighted by atomic mass is 16.5. The van der Waals surface area contributed by atoms with E-state index in [0.717, 1.165) is 19.3 Å². The van der Waals surface area contributed by atoms with Gasteiger partial charge in [0.05, 0.1) is 12.5 Å². The summed E-state index contributed by atoms with van der Waals surface area (Å²) in [6, 6.07) is 0. The number of carbonyl (C=O) groups is 1. The molecule has 0 aliphatic carbocycles. The highest BCUT2D eigenvalue weighted by Crippen LogP contribution is 2.21.